The van der Waals surface area contributed by atoms with Crippen LogP contribution in [-0.2, 0) is 0 Å². The average molecular weight is 401 g/mol. The van der Waals surface area contributed by atoms with E-state index in [1.807, 2.05) is 6.07 Å². The molecule has 0 amide bonds. The molecule has 0 atom stereocenters. The number of rotatable bonds is 6. The summed E-state index contributed by atoms with van der Waals surface area (Å²) in [7, 11) is 0. The highest BCUT2D eigenvalue weighted by Crippen LogP contribution is 2.30. The highest BCUT2D eigenvalue weighted by atomic mass is 35.5. The molecule has 0 saturated heterocycles. The van der Waals surface area contributed by atoms with Gasteiger partial charge >= 0.3 is 12.1 Å². The van der Waals surface area contributed by atoms with Crippen molar-refractivity contribution in [1.82, 2.24) is 4.98 Å². The minimum Gasteiger partial charge on any atom is -0.490 e. The molecule has 10 heteroatoms. The number of benzene rings is 1. The number of hydrogen-bond acceptors (Lipinski definition) is 6. The molecule has 0 aliphatic carbocycles. The molecule has 2 aromatic rings. The fraction of sp³-hybridized carbons (Fsp3) is 0.235. The Kier molecular flexibility index (Phi) is 6.47. The van der Waals surface area contributed by atoms with Crippen molar-refractivity contribution in [2.24, 2.45) is 0 Å². The molecule has 6 nitrogen and oxygen atoms in total. The standard InChI is InChI=1S/C17H12ClF3N2O4/c1-2-25-14-5-10(7-22)3-4-13(14)27-16(24)11-6-12(18)15(23-8-11)26-9-17(19,20)21/h3-6,8H,2,9H2,1H3. The summed E-state index contributed by atoms with van der Waals surface area (Å²) in [6.45, 7) is 0.429. The van der Waals surface area contributed by atoms with Crippen LogP contribution in [0.2, 0.25) is 5.02 Å². The van der Waals surface area contributed by atoms with Gasteiger partial charge in [0.15, 0.2) is 18.1 Å². The molecule has 0 fully saturated rings. The maximum atomic E-state index is 12.2. The normalized spacial score (nSPS) is 10.8. The zero-order valence-corrected chi connectivity index (χ0v) is 14.6. The molecule has 1 heterocycles. The number of nitriles is 1. The average Bonchev–Trinajstić information content (AvgIpc) is 2.61. The highest BCUT2D eigenvalue weighted by Gasteiger charge is 2.29. The van der Waals surface area contributed by atoms with Gasteiger partial charge in [0.1, 0.15) is 5.02 Å². The summed E-state index contributed by atoms with van der Waals surface area (Å²) >= 11 is 5.80. The van der Waals surface area contributed by atoms with Gasteiger partial charge in [0, 0.05) is 12.3 Å². The largest absolute Gasteiger partial charge is 0.490 e. The van der Waals surface area contributed by atoms with Gasteiger partial charge in [-0.25, -0.2) is 9.78 Å². The molecule has 0 unspecified atom stereocenters. The van der Waals surface area contributed by atoms with Crippen molar-refractivity contribution >= 4 is 17.6 Å². The Labute approximate surface area is 157 Å². The number of ether oxygens (including phenoxy) is 3. The summed E-state index contributed by atoms with van der Waals surface area (Å²) in [5.41, 5.74) is 0.209. The summed E-state index contributed by atoms with van der Waals surface area (Å²) in [6, 6.07) is 7.24. The van der Waals surface area contributed by atoms with Gasteiger partial charge in [-0.1, -0.05) is 11.6 Å². The Morgan fingerprint density at radius 2 is 2.00 bits per heavy atom. The molecule has 0 radical (unpaired) electrons. The Hall–Kier alpha value is -2.99. The zero-order chi connectivity index (χ0) is 20.0. The molecule has 0 saturated carbocycles. The number of aromatic nitrogens is 1. The quantitative estimate of drug-likeness (QED) is 0.535. The van der Waals surface area contributed by atoms with Crippen LogP contribution in [-0.4, -0.2) is 30.3 Å². The van der Waals surface area contributed by atoms with Gasteiger partial charge in [-0.2, -0.15) is 18.4 Å². The van der Waals surface area contributed by atoms with Crippen molar-refractivity contribution in [2.75, 3.05) is 13.2 Å². The summed E-state index contributed by atoms with van der Waals surface area (Å²) in [4.78, 5) is 15.8. The van der Waals surface area contributed by atoms with Crippen molar-refractivity contribution in [3.8, 4) is 23.4 Å². The van der Waals surface area contributed by atoms with Crippen LogP contribution in [0, 0.1) is 11.3 Å². The number of esters is 1. The van der Waals surface area contributed by atoms with E-state index in [0.29, 0.717) is 5.56 Å². The third-order valence-electron chi connectivity index (χ3n) is 2.99. The van der Waals surface area contributed by atoms with Crippen LogP contribution >= 0.6 is 11.6 Å². The second-order valence-electron chi connectivity index (χ2n) is 5.01. The zero-order valence-electron chi connectivity index (χ0n) is 13.8. The van der Waals surface area contributed by atoms with Crippen LogP contribution < -0.4 is 14.2 Å². The fourth-order valence-corrected chi connectivity index (χ4v) is 2.10. The first kappa shape index (κ1) is 20.3. The van der Waals surface area contributed by atoms with Gasteiger partial charge in [0.2, 0.25) is 5.88 Å². The summed E-state index contributed by atoms with van der Waals surface area (Å²) < 4.78 is 51.5. The molecular formula is C17H12ClF3N2O4. The van der Waals surface area contributed by atoms with Crippen molar-refractivity contribution < 1.29 is 32.2 Å². The fourth-order valence-electron chi connectivity index (χ4n) is 1.88. The van der Waals surface area contributed by atoms with Gasteiger partial charge in [0.05, 0.1) is 23.8 Å². The number of carbonyl (C=O) groups is 1. The number of pyridine rings is 1. The molecule has 0 spiro atoms. The van der Waals surface area contributed by atoms with Crippen molar-refractivity contribution in [1.29, 1.82) is 5.26 Å². The first-order valence-electron chi connectivity index (χ1n) is 7.47. The number of hydrogen-bond donors (Lipinski definition) is 0. The number of nitrogens with zero attached hydrogens (tertiary/aromatic N) is 2. The predicted molar refractivity (Wildman–Crippen MR) is 88.1 cm³/mol. The molecule has 0 bridgehead atoms. The summed E-state index contributed by atoms with van der Waals surface area (Å²) in [5, 5.41) is 8.63. The van der Waals surface area contributed by atoms with Gasteiger partial charge in [-0.05, 0) is 25.1 Å². The maximum absolute atomic E-state index is 12.2. The third kappa shape index (κ3) is 5.76. The van der Waals surface area contributed by atoms with Crippen LogP contribution in [0.15, 0.2) is 30.5 Å². The molecule has 0 aliphatic heterocycles. The first-order valence-corrected chi connectivity index (χ1v) is 7.85. The van der Waals surface area contributed by atoms with Crippen LogP contribution in [0.3, 0.4) is 0 Å². The number of alkyl halides is 3. The van der Waals surface area contributed by atoms with E-state index >= 15 is 0 Å². The molecule has 0 N–H and O–H groups in total. The molecule has 142 valence electrons. The summed E-state index contributed by atoms with van der Waals surface area (Å²) in [6.07, 6.45) is -3.57. The van der Waals surface area contributed by atoms with Crippen LogP contribution in [0.1, 0.15) is 22.8 Å². The minimum atomic E-state index is -4.55. The molecule has 27 heavy (non-hydrogen) atoms. The minimum absolute atomic E-state index is 0.0642. The van der Waals surface area contributed by atoms with Gasteiger partial charge in [0.25, 0.3) is 0 Å². The molecule has 0 aliphatic rings. The van der Waals surface area contributed by atoms with Gasteiger partial charge < -0.3 is 14.2 Å². The van der Waals surface area contributed by atoms with E-state index in [0.717, 1.165) is 12.3 Å². The van der Waals surface area contributed by atoms with Crippen molar-refractivity contribution in [2.45, 2.75) is 13.1 Å². The van der Waals surface area contributed by atoms with E-state index in [9.17, 15) is 18.0 Å². The van der Waals surface area contributed by atoms with Crippen molar-refractivity contribution in [3.05, 3.63) is 46.6 Å². The lowest BCUT2D eigenvalue weighted by Crippen LogP contribution is -2.20. The second kappa shape index (κ2) is 8.60. The topological polar surface area (TPSA) is 81.4 Å². The molecule has 1 aromatic heterocycles. The second-order valence-corrected chi connectivity index (χ2v) is 5.42. The number of halogens is 4. The lowest BCUT2D eigenvalue weighted by molar-refractivity contribution is -0.154. The molecule has 2 rings (SSSR count). The van der Waals surface area contributed by atoms with Gasteiger partial charge in [-0.15, -0.1) is 0 Å². The Morgan fingerprint density at radius 1 is 1.26 bits per heavy atom. The van der Waals surface area contributed by atoms with E-state index in [-0.39, 0.29) is 28.7 Å². The lowest BCUT2D eigenvalue weighted by Gasteiger charge is -2.12. The SMILES string of the molecule is CCOc1cc(C#N)ccc1OC(=O)c1cnc(OCC(F)(F)F)c(Cl)c1. The Balaban J connectivity index is 2.17. The van der Waals surface area contributed by atoms with E-state index in [4.69, 9.17) is 26.3 Å². The van der Waals surface area contributed by atoms with Gasteiger partial charge in [-0.3, -0.25) is 0 Å². The van der Waals surface area contributed by atoms with Crippen LogP contribution in [0.4, 0.5) is 13.2 Å². The maximum Gasteiger partial charge on any atom is 0.422 e. The highest BCUT2D eigenvalue weighted by molar-refractivity contribution is 6.32. The summed E-state index contributed by atoms with van der Waals surface area (Å²) in [5.74, 6) is -1.07. The van der Waals surface area contributed by atoms with Crippen LogP contribution in [0.25, 0.3) is 0 Å². The van der Waals surface area contributed by atoms with E-state index < -0.39 is 24.6 Å². The Morgan fingerprint density at radius 3 is 2.59 bits per heavy atom. The van der Waals surface area contributed by atoms with E-state index in [1.165, 1.54) is 18.2 Å². The van der Waals surface area contributed by atoms with Crippen molar-refractivity contribution in [3.63, 3.8) is 0 Å². The number of carbonyl (C=O) groups excluding carboxylic acids is 1. The predicted octanol–water partition coefficient (Wildman–Crippen LogP) is 4.17. The Bertz CT molecular complexity index is 881. The van der Waals surface area contributed by atoms with E-state index in [1.54, 1.807) is 6.92 Å². The molecular weight excluding hydrogens is 389 g/mol. The lowest BCUT2D eigenvalue weighted by atomic mass is 10.2. The monoisotopic (exact) mass is 400 g/mol. The molecule has 1 aromatic carbocycles. The van der Waals surface area contributed by atoms with Crippen LogP contribution in [0.5, 0.6) is 17.4 Å². The first-order chi connectivity index (χ1) is 12.7. The third-order valence-corrected chi connectivity index (χ3v) is 3.26. The smallest absolute Gasteiger partial charge is 0.422 e. The van der Waals surface area contributed by atoms with E-state index in [2.05, 4.69) is 9.72 Å².